The number of unbranched alkanes of at least 4 members (excludes halogenated alkanes) is 8. The maximum atomic E-state index is 6.96. The van der Waals surface area contributed by atoms with Gasteiger partial charge >= 0.3 is 0 Å². The van der Waals surface area contributed by atoms with Crippen molar-refractivity contribution in [3.05, 3.63) is 12.3 Å². The number of allylic oxidation sites excluding steroid dienone is 1. The fraction of sp³-hybridized carbons (Fsp3) is 0.714. The van der Waals surface area contributed by atoms with Gasteiger partial charge in [-0.25, -0.2) is 4.99 Å². The normalized spacial score (nSPS) is 11.9. The van der Waals surface area contributed by atoms with Crippen molar-refractivity contribution in [3.8, 4) is 0 Å². The minimum Gasteiger partial charge on any atom is -0.370 e. The highest BCUT2D eigenvalue weighted by Crippen LogP contribution is 2.09. The van der Waals surface area contributed by atoms with E-state index in [1.54, 1.807) is 6.20 Å². The van der Waals surface area contributed by atoms with Crippen LogP contribution in [0.2, 0.25) is 0 Å². The van der Waals surface area contributed by atoms with E-state index in [-0.39, 0.29) is 11.9 Å². The highest BCUT2D eigenvalue weighted by molar-refractivity contribution is 5.95. The van der Waals surface area contributed by atoms with E-state index in [1.165, 1.54) is 51.4 Å². The number of hydrogen-bond acceptors (Lipinski definition) is 2. The predicted octanol–water partition coefficient (Wildman–Crippen LogP) is 2.83. The van der Waals surface area contributed by atoms with Crippen molar-refractivity contribution in [1.82, 2.24) is 5.32 Å². The van der Waals surface area contributed by atoms with Gasteiger partial charge in [0.25, 0.3) is 0 Å². The van der Waals surface area contributed by atoms with E-state index in [0.717, 1.165) is 6.42 Å². The average Bonchev–Trinajstić information content (AvgIpc) is 2.35. The molecule has 0 spiro atoms. The van der Waals surface area contributed by atoms with E-state index < -0.39 is 0 Å². The molecule has 0 atom stereocenters. The van der Waals surface area contributed by atoms with Gasteiger partial charge in [0.05, 0.1) is 0 Å². The maximum Gasteiger partial charge on any atom is 0.200 e. The topological polar surface area (TPSA) is 100 Å². The zero-order chi connectivity index (χ0) is 14.3. The third-order valence-electron chi connectivity index (χ3n) is 2.81. The molecule has 6 N–H and O–H groups in total. The van der Waals surface area contributed by atoms with Crippen LogP contribution in [0.5, 0.6) is 0 Å². The number of nitrogens with one attached hydrogen (secondary N) is 2. The first kappa shape index (κ1) is 17.5. The lowest BCUT2D eigenvalue weighted by Crippen LogP contribution is -2.40. The monoisotopic (exact) mass is 267 g/mol. The second kappa shape index (κ2) is 12.9. The van der Waals surface area contributed by atoms with Crippen LogP contribution in [-0.4, -0.2) is 11.9 Å². The van der Waals surface area contributed by atoms with Crippen molar-refractivity contribution in [3.63, 3.8) is 0 Å². The van der Waals surface area contributed by atoms with E-state index in [4.69, 9.17) is 16.9 Å². The Labute approximate surface area is 117 Å². The molecular formula is C14H29N5. The molecule has 0 aromatic heterocycles. The van der Waals surface area contributed by atoms with Crippen LogP contribution in [0, 0.1) is 5.41 Å². The molecule has 19 heavy (non-hydrogen) atoms. The van der Waals surface area contributed by atoms with Gasteiger partial charge in [-0.3, -0.25) is 10.7 Å². The van der Waals surface area contributed by atoms with Gasteiger partial charge in [0, 0.05) is 6.20 Å². The first-order chi connectivity index (χ1) is 9.16. The first-order valence-corrected chi connectivity index (χ1v) is 7.26. The molecule has 0 aliphatic carbocycles. The maximum absolute atomic E-state index is 6.96. The van der Waals surface area contributed by atoms with Crippen molar-refractivity contribution in [2.75, 3.05) is 0 Å². The molecule has 5 nitrogen and oxygen atoms in total. The van der Waals surface area contributed by atoms with Gasteiger partial charge in [-0.05, 0) is 12.8 Å². The summed E-state index contributed by atoms with van der Waals surface area (Å²) in [5, 5.41) is 9.38. The Morgan fingerprint density at radius 1 is 1.05 bits per heavy atom. The number of hydrogen-bond donors (Lipinski definition) is 4. The zero-order valence-electron chi connectivity index (χ0n) is 12.1. The van der Waals surface area contributed by atoms with Crippen molar-refractivity contribution in [2.45, 2.75) is 64.7 Å². The lowest BCUT2D eigenvalue weighted by Gasteiger charge is -2.00. The molecule has 5 heteroatoms. The summed E-state index contributed by atoms with van der Waals surface area (Å²) in [6, 6.07) is 0. The van der Waals surface area contributed by atoms with Gasteiger partial charge < -0.3 is 11.5 Å². The summed E-state index contributed by atoms with van der Waals surface area (Å²) in [6.07, 6.45) is 15.3. The summed E-state index contributed by atoms with van der Waals surface area (Å²) in [7, 11) is 0. The van der Waals surface area contributed by atoms with Crippen molar-refractivity contribution < 1.29 is 0 Å². The Kier molecular flexibility index (Phi) is 11.9. The lowest BCUT2D eigenvalue weighted by atomic mass is 10.1. The summed E-state index contributed by atoms with van der Waals surface area (Å²) in [4.78, 5) is 3.91. The van der Waals surface area contributed by atoms with Crippen LogP contribution in [0.15, 0.2) is 17.3 Å². The fourth-order valence-corrected chi connectivity index (χ4v) is 1.77. The molecule has 110 valence electrons. The van der Waals surface area contributed by atoms with Crippen LogP contribution in [0.4, 0.5) is 0 Å². The average molecular weight is 267 g/mol. The van der Waals surface area contributed by atoms with Gasteiger partial charge in [0.15, 0.2) is 11.9 Å². The molecule has 0 aromatic carbocycles. The summed E-state index contributed by atoms with van der Waals surface area (Å²) < 4.78 is 0. The summed E-state index contributed by atoms with van der Waals surface area (Å²) >= 11 is 0. The predicted molar refractivity (Wildman–Crippen MR) is 83.0 cm³/mol. The molecule has 0 aliphatic rings. The molecule has 0 amide bonds. The van der Waals surface area contributed by atoms with Crippen LogP contribution in [0.1, 0.15) is 64.7 Å². The van der Waals surface area contributed by atoms with Gasteiger partial charge in [0.2, 0.25) is 0 Å². The molecule has 0 saturated carbocycles. The van der Waals surface area contributed by atoms with Gasteiger partial charge in [-0.15, -0.1) is 0 Å². The molecule has 0 rings (SSSR count). The number of rotatable bonds is 10. The zero-order valence-corrected chi connectivity index (χ0v) is 12.1. The number of guanidine groups is 2. The minimum absolute atomic E-state index is 0.152. The number of nitrogens with two attached hydrogens (primary N) is 2. The quantitative estimate of drug-likeness (QED) is 0.278. The third kappa shape index (κ3) is 14.4. The highest BCUT2D eigenvalue weighted by atomic mass is 15.2. The number of nitrogens with zero attached hydrogens (tertiary/aromatic N) is 1. The van der Waals surface area contributed by atoms with E-state index in [9.17, 15) is 0 Å². The second-order valence-corrected chi connectivity index (χ2v) is 4.70. The van der Waals surface area contributed by atoms with E-state index in [1.807, 2.05) is 6.08 Å². The molecule has 0 bridgehead atoms. The lowest BCUT2D eigenvalue weighted by molar-refractivity contribution is 0.577. The SMILES string of the molecule is CCCCCCCCCCC=CN=C(N)NC(=N)N. The van der Waals surface area contributed by atoms with Gasteiger partial charge in [-0.1, -0.05) is 57.9 Å². The van der Waals surface area contributed by atoms with Gasteiger partial charge in [-0.2, -0.15) is 0 Å². The number of aliphatic imine (C=N–C) groups is 1. The Bertz CT molecular complexity index is 284. The van der Waals surface area contributed by atoms with Crippen LogP contribution in [0.3, 0.4) is 0 Å². The smallest absolute Gasteiger partial charge is 0.200 e. The second-order valence-electron chi connectivity index (χ2n) is 4.70. The summed E-state index contributed by atoms with van der Waals surface area (Å²) in [5.74, 6) is -0.0441. The van der Waals surface area contributed by atoms with Crippen LogP contribution in [0.25, 0.3) is 0 Å². The Morgan fingerprint density at radius 2 is 1.63 bits per heavy atom. The first-order valence-electron chi connectivity index (χ1n) is 7.26. The Hall–Kier alpha value is -1.52. The Balaban J connectivity index is 3.36. The van der Waals surface area contributed by atoms with Crippen LogP contribution >= 0.6 is 0 Å². The van der Waals surface area contributed by atoms with Crippen molar-refractivity contribution in [2.24, 2.45) is 16.5 Å². The summed E-state index contributed by atoms with van der Waals surface area (Å²) in [5.41, 5.74) is 10.6. The van der Waals surface area contributed by atoms with Crippen molar-refractivity contribution >= 4 is 11.9 Å². The van der Waals surface area contributed by atoms with E-state index >= 15 is 0 Å². The Morgan fingerprint density at radius 3 is 2.21 bits per heavy atom. The standard InChI is InChI=1S/C14H29N5/c1-2-3-4-5-6-7-8-9-10-11-12-18-14(17)19-13(15)16/h11-12H,2-10H2,1H3,(H6,15,16,17,18,19). The molecular weight excluding hydrogens is 238 g/mol. The van der Waals surface area contributed by atoms with Crippen molar-refractivity contribution in [1.29, 1.82) is 5.41 Å². The molecule has 0 heterocycles. The molecule has 0 unspecified atom stereocenters. The van der Waals surface area contributed by atoms with Gasteiger partial charge in [0.1, 0.15) is 0 Å². The van der Waals surface area contributed by atoms with E-state index in [2.05, 4.69) is 17.2 Å². The molecule has 0 fully saturated rings. The molecule has 0 aliphatic heterocycles. The summed E-state index contributed by atoms with van der Waals surface area (Å²) in [6.45, 7) is 2.24. The largest absolute Gasteiger partial charge is 0.370 e. The molecule has 0 saturated heterocycles. The van der Waals surface area contributed by atoms with Crippen LogP contribution < -0.4 is 16.8 Å². The van der Waals surface area contributed by atoms with E-state index in [0.29, 0.717) is 0 Å². The molecule has 0 radical (unpaired) electrons. The molecule has 0 aromatic rings. The van der Waals surface area contributed by atoms with Crippen LogP contribution in [-0.2, 0) is 0 Å². The third-order valence-corrected chi connectivity index (χ3v) is 2.81. The minimum atomic E-state index is -0.197. The highest BCUT2D eigenvalue weighted by Gasteiger charge is 1.91. The fourth-order valence-electron chi connectivity index (χ4n) is 1.77.